The molecule has 2 aromatic rings. The molecule has 1 unspecified atom stereocenters. The van der Waals surface area contributed by atoms with Gasteiger partial charge in [0.05, 0.1) is 16.1 Å². The molecule has 0 aliphatic heterocycles. The first kappa shape index (κ1) is 10.2. The van der Waals surface area contributed by atoms with Gasteiger partial charge in [-0.05, 0) is 13.8 Å². The Hall–Kier alpha value is -1.33. The molecule has 0 bridgehead atoms. The molecule has 0 aliphatic rings. The molecular formula is C10H12N4S. The third kappa shape index (κ3) is 2.03. The molecule has 2 N–H and O–H groups in total. The fraction of sp³-hybridized carbons (Fsp3) is 0.300. The second-order valence-electron chi connectivity index (χ2n) is 3.40. The van der Waals surface area contributed by atoms with Crippen molar-refractivity contribution < 1.29 is 0 Å². The largest absolute Gasteiger partial charge is 0.324 e. The van der Waals surface area contributed by atoms with E-state index in [1.54, 1.807) is 29.2 Å². The molecule has 1 atom stereocenters. The smallest absolute Gasteiger partial charge is 0.171 e. The van der Waals surface area contributed by atoms with E-state index >= 15 is 0 Å². The summed E-state index contributed by atoms with van der Waals surface area (Å²) in [6.45, 7) is 3.87. The van der Waals surface area contributed by atoms with Gasteiger partial charge in [0.15, 0.2) is 5.82 Å². The number of aromatic nitrogens is 3. The van der Waals surface area contributed by atoms with Crippen LogP contribution in [0.15, 0.2) is 17.9 Å². The minimum absolute atomic E-state index is 0.0263. The highest BCUT2D eigenvalue weighted by Crippen LogP contribution is 2.23. The molecule has 0 fully saturated rings. The van der Waals surface area contributed by atoms with Gasteiger partial charge in [-0.3, -0.25) is 0 Å². The van der Waals surface area contributed by atoms with Crippen LogP contribution in [0.5, 0.6) is 0 Å². The Balaban J connectivity index is 2.36. The van der Waals surface area contributed by atoms with E-state index in [4.69, 9.17) is 5.73 Å². The molecule has 0 aromatic carbocycles. The normalized spacial score (nSPS) is 12.7. The van der Waals surface area contributed by atoms with Crippen molar-refractivity contribution in [3.63, 3.8) is 0 Å². The Morgan fingerprint density at radius 3 is 2.40 bits per heavy atom. The summed E-state index contributed by atoms with van der Waals surface area (Å²) in [6, 6.07) is -0.0263. The Morgan fingerprint density at radius 1 is 1.27 bits per heavy atom. The second kappa shape index (κ2) is 4.04. The van der Waals surface area contributed by atoms with Gasteiger partial charge in [-0.15, -0.1) is 11.3 Å². The van der Waals surface area contributed by atoms with E-state index < -0.39 is 0 Å². The van der Waals surface area contributed by atoms with E-state index in [0.717, 1.165) is 22.0 Å². The predicted molar refractivity (Wildman–Crippen MR) is 60.5 cm³/mol. The zero-order chi connectivity index (χ0) is 10.8. The van der Waals surface area contributed by atoms with Gasteiger partial charge in [-0.25, -0.2) is 15.0 Å². The number of aryl methyl sites for hydroxylation is 1. The fourth-order valence-corrected chi connectivity index (χ4v) is 1.96. The molecule has 15 heavy (non-hydrogen) atoms. The molecule has 0 spiro atoms. The van der Waals surface area contributed by atoms with Gasteiger partial charge in [0.2, 0.25) is 0 Å². The van der Waals surface area contributed by atoms with Crippen LogP contribution in [0, 0.1) is 6.92 Å². The van der Waals surface area contributed by atoms with Crippen molar-refractivity contribution in [1.82, 2.24) is 15.0 Å². The van der Waals surface area contributed by atoms with E-state index in [1.807, 2.05) is 13.8 Å². The number of nitrogens with zero attached hydrogens (tertiary/aromatic N) is 3. The lowest BCUT2D eigenvalue weighted by atomic mass is 10.2. The molecule has 4 nitrogen and oxygen atoms in total. The van der Waals surface area contributed by atoms with Crippen LogP contribution in [0.4, 0.5) is 0 Å². The molecule has 0 radical (unpaired) electrons. The third-order valence-electron chi connectivity index (χ3n) is 2.15. The van der Waals surface area contributed by atoms with Crippen molar-refractivity contribution in [2.24, 2.45) is 5.73 Å². The number of thiazole rings is 1. The van der Waals surface area contributed by atoms with Gasteiger partial charge in [0.1, 0.15) is 0 Å². The molecule has 2 heterocycles. The standard InChI is InChI=1S/C10H12N4S/c1-6(11)8-3-12-10(13-4-8)9-7(2)14-5-15-9/h3-6H,11H2,1-2H3. The third-order valence-corrected chi connectivity index (χ3v) is 3.07. The summed E-state index contributed by atoms with van der Waals surface area (Å²) in [4.78, 5) is 13.7. The monoisotopic (exact) mass is 220 g/mol. The van der Waals surface area contributed by atoms with Gasteiger partial charge in [-0.2, -0.15) is 0 Å². The van der Waals surface area contributed by atoms with Crippen LogP contribution in [0.1, 0.15) is 24.2 Å². The number of nitrogens with two attached hydrogens (primary N) is 1. The maximum Gasteiger partial charge on any atom is 0.171 e. The molecule has 2 aromatic heterocycles. The second-order valence-corrected chi connectivity index (χ2v) is 4.25. The first-order valence-electron chi connectivity index (χ1n) is 4.66. The predicted octanol–water partition coefficient (Wildman–Crippen LogP) is 1.93. The van der Waals surface area contributed by atoms with Crippen molar-refractivity contribution in [3.8, 4) is 10.7 Å². The van der Waals surface area contributed by atoms with Gasteiger partial charge in [0.25, 0.3) is 0 Å². The summed E-state index contributed by atoms with van der Waals surface area (Å²) in [5.74, 6) is 0.722. The maximum atomic E-state index is 5.72. The Morgan fingerprint density at radius 2 is 1.93 bits per heavy atom. The van der Waals surface area contributed by atoms with Crippen LogP contribution >= 0.6 is 11.3 Å². The zero-order valence-electron chi connectivity index (χ0n) is 8.64. The minimum atomic E-state index is -0.0263. The Bertz CT molecular complexity index is 447. The lowest BCUT2D eigenvalue weighted by Gasteiger charge is -2.04. The van der Waals surface area contributed by atoms with Crippen molar-refractivity contribution in [3.05, 3.63) is 29.2 Å². The lowest BCUT2D eigenvalue weighted by molar-refractivity contribution is 0.803. The Kier molecular flexibility index (Phi) is 2.75. The van der Waals surface area contributed by atoms with Crippen LogP contribution in [0.2, 0.25) is 0 Å². The Labute approximate surface area is 92.2 Å². The molecule has 0 aliphatic carbocycles. The topological polar surface area (TPSA) is 64.7 Å². The SMILES string of the molecule is Cc1ncsc1-c1ncc(C(C)N)cn1. The number of hydrogen-bond donors (Lipinski definition) is 1. The summed E-state index contributed by atoms with van der Waals surface area (Å²) >= 11 is 1.55. The highest BCUT2D eigenvalue weighted by Gasteiger charge is 2.08. The first-order valence-corrected chi connectivity index (χ1v) is 5.54. The van der Waals surface area contributed by atoms with E-state index in [-0.39, 0.29) is 6.04 Å². The van der Waals surface area contributed by atoms with E-state index in [9.17, 15) is 0 Å². The van der Waals surface area contributed by atoms with Crippen molar-refractivity contribution >= 4 is 11.3 Å². The van der Waals surface area contributed by atoms with E-state index in [1.165, 1.54) is 0 Å². The van der Waals surface area contributed by atoms with Gasteiger partial charge >= 0.3 is 0 Å². The molecule has 0 amide bonds. The van der Waals surface area contributed by atoms with E-state index in [2.05, 4.69) is 15.0 Å². The summed E-state index contributed by atoms with van der Waals surface area (Å²) in [5.41, 5.74) is 9.43. The number of rotatable bonds is 2. The average Bonchev–Trinajstić information content (AvgIpc) is 2.65. The number of hydrogen-bond acceptors (Lipinski definition) is 5. The van der Waals surface area contributed by atoms with Crippen LogP contribution in [0.3, 0.4) is 0 Å². The van der Waals surface area contributed by atoms with Crippen LogP contribution in [-0.2, 0) is 0 Å². The molecule has 0 saturated carbocycles. The van der Waals surface area contributed by atoms with Crippen LogP contribution < -0.4 is 5.73 Å². The zero-order valence-corrected chi connectivity index (χ0v) is 9.45. The van der Waals surface area contributed by atoms with Gasteiger partial charge < -0.3 is 5.73 Å². The lowest BCUT2D eigenvalue weighted by Crippen LogP contribution is -2.06. The molecular weight excluding hydrogens is 208 g/mol. The minimum Gasteiger partial charge on any atom is -0.324 e. The van der Waals surface area contributed by atoms with Crippen molar-refractivity contribution in [2.45, 2.75) is 19.9 Å². The van der Waals surface area contributed by atoms with E-state index in [0.29, 0.717) is 0 Å². The highest BCUT2D eigenvalue weighted by molar-refractivity contribution is 7.13. The van der Waals surface area contributed by atoms with Crippen LogP contribution in [0.25, 0.3) is 10.7 Å². The van der Waals surface area contributed by atoms with Crippen molar-refractivity contribution in [1.29, 1.82) is 0 Å². The molecule has 5 heteroatoms. The van der Waals surface area contributed by atoms with Crippen LogP contribution in [-0.4, -0.2) is 15.0 Å². The van der Waals surface area contributed by atoms with Gasteiger partial charge in [0, 0.05) is 24.0 Å². The molecule has 78 valence electrons. The first-order chi connectivity index (χ1) is 7.18. The summed E-state index contributed by atoms with van der Waals surface area (Å²) in [6.07, 6.45) is 3.54. The molecule has 0 saturated heterocycles. The summed E-state index contributed by atoms with van der Waals surface area (Å²) in [5, 5.41) is 0. The average molecular weight is 220 g/mol. The van der Waals surface area contributed by atoms with Crippen molar-refractivity contribution in [2.75, 3.05) is 0 Å². The van der Waals surface area contributed by atoms with Gasteiger partial charge in [-0.1, -0.05) is 0 Å². The summed E-state index contributed by atoms with van der Waals surface area (Å²) in [7, 11) is 0. The molecule has 2 rings (SSSR count). The maximum absolute atomic E-state index is 5.72. The summed E-state index contributed by atoms with van der Waals surface area (Å²) < 4.78 is 0. The highest BCUT2D eigenvalue weighted by atomic mass is 32.1. The fourth-order valence-electron chi connectivity index (χ4n) is 1.21. The quantitative estimate of drug-likeness (QED) is 0.839.